The number of methoxy groups -OCH3 is 1. The van der Waals surface area contributed by atoms with Crippen molar-refractivity contribution in [2.45, 2.75) is 37.1 Å². The molecular weight excluding hydrogens is 418 g/mol. The lowest BCUT2D eigenvalue weighted by atomic mass is 9.98. The molecule has 140 valence electrons. The van der Waals surface area contributed by atoms with Crippen molar-refractivity contribution in [3.8, 4) is 0 Å². The topological polar surface area (TPSA) is 72.5 Å². The van der Waals surface area contributed by atoms with Crippen LogP contribution >= 0.6 is 15.9 Å². The van der Waals surface area contributed by atoms with Gasteiger partial charge >= 0.3 is 5.97 Å². The number of hydrogen-bond donors (Lipinski definition) is 1. The van der Waals surface area contributed by atoms with Gasteiger partial charge < -0.3 is 4.74 Å². The first-order chi connectivity index (χ1) is 12.2. The molecule has 0 aromatic heterocycles. The summed E-state index contributed by atoms with van der Waals surface area (Å²) in [6, 6.07) is 13.2. The molecule has 2 aromatic carbocycles. The van der Waals surface area contributed by atoms with Crippen molar-refractivity contribution in [2.24, 2.45) is 0 Å². The summed E-state index contributed by atoms with van der Waals surface area (Å²) in [4.78, 5) is 11.9. The third-order valence-electron chi connectivity index (χ3n) is 4.03. The van der Waals surface area contributed by atoms with Gasteiger partial charge in [0.25, 0.3) is 0 Å². The molecule has 2 rings (SSSR count). The molecule has 0 aliphatic heterocycles. The Kier molecular flexibility index (Phi) is 6.97. The van der Waals surface area contributed by atoms with Gasteiger partial charge in [-0.2, -0.15) is 0 Å². The zero-order valence-electron chi connectivity index (χ0n) is 14.9. The summed E-state index contributed by atoms with van der Waals surface area (Å²) in [6.45, 7) is 4.16. The van der Waals surface area contributed by atoms with Crippen LogP contribution in [0.15, 0.2) is 57.9 Å². The third-order valence-corrected chi connectivity index (χ3v) is 6.04. The summed E-state index contributed by atoms with van der Waals surface area (Å²) in [6.07, 6.45) is -0.0900. The maximum absolute atomic E-state index is 12.7. The monoisotopic (exact) mass is 439 g/mol. The van der Waals surface area contributed by atoms with E-state index in [2.05, 4.69) is 34.5 Å². The highest BCUT2D eigenvalue weighted by Gasteiger charge is 2.24. The summed E-state index contributed by atoms with van der Waals surface area (Å²) < 4.78 is 33.5. The predicted octanol–water partition coefficient (Wildman–Crippen LogP) is 4.16. The number of benzene rings is 2. The van der Waals surface area contributed by atoms with E-state index in [0.29, 0.717) is 11.5 Å². The molecule has 26 heavy (non-hydrogen) atoms. The van der Waals surface area contributed by atoms with Crippen LogP contribution in [-0.4, -0.2) is 21.5 Å². The fraction of sp³-hybridized carbons (Fsp3) is 0.316. The number of hydrogen-bond acceptors (Lipinski definition) is 4. The van der Waals surface area contributed by atoms with Gasteiger partial charge in [0.05, 0.1) is 24.5 Å². The first kappa shape index (κ1) is 20.6. The van der Waals surface area contributed by atoms with Crippen LogP contribution in [0.2, 0.25) is 0 Å². The van der Waals surface area contributed by atoms with E-state index in [1.54, 1.807) is 12.1 Å². The molecule has 1 atom stereocenters. The first-order valence-corrected chi connectivity index (χ1v) is 10.4. The van der Waals surface area contributed by atoms with E-state index in [0.717, 1.165) is 10.0 Å². The largest absolute Gasteiger partial charge is 0.469 e. The van der Waals surface area contributed by atoms with Crippen LogP contribution in [-0.2, 0) is 19.6 Å². The third kappa shape index (κ3) is 5.40. The molecule has 1 N–H and O–H groups in total. The SMILES string of the molecule is COC(=O)C[C@H](NS(=O)(=O)c1ccc(Br)cc1)c1ccc(C(C)C)cc1. The zero-order valence-corrected chi connectivity index (χ0v) is 17.3. The average molecular weight is 440 g/mol. The number of esters is 1. The molecule has 5 nitrogen and oxygen atoms in total. The Morgan fingerprint density at radius 2 is 1.58 bits per heavy atom. The average Bonchev–Trinajstić information content (AvgIpc) is 2.61. The number of carbonyl (C=O) groups excluding carboxylic acids is 1. The van der Waals surface area contributed by atoms with E-state index in [9.17, 15) is 13.2 Å². The molecule has 0 spiro atoms. The highest BCUT2D eigenvalue weighted by Crippen LogP contribution is 2.24. The van der Waals surface area contributed by atoms with Crippen LogP contribution < -0.4 is 4.72 Å². The Morgan fingerprint density at radius 3 is 2.08 bits per heavy atom. The van der Waals surface area contributed by atoms with Crippen LogP contribution in [0.1, 0.15) is 43.4 Å². The summed E-state index contributed by atoms with van der Waals surface area (Å²) in [5, 5.41) is 0. The lowest BCUT2D eigenvalue weighted by Crippen LogP contribution is -2.30. The van der Waals surface area contributed by atoms with E-state index < -0.39 is 22.0 Å². The van der Waals surface area contributed by atoms with E-state index in [1.807, 2.05) is 24.3 Å². The molecule has 0 radical (unpaired) electrons. The van der Waals surface area contributed by atoms with E-state index in [-0.39, 0.29) is 11.3 Å². The van der Waals surface area contributed by atoms with Crippen LogP contribution in [0, 0.1) is 0 Å². The van der Waals surface area contributed by atoms with Gasteiger partial charge in [-0.25, -0.2) is 13.1 Å². The minimum absolute atomic E-state index is 0.0900. The fourth-order valence-electron chi connectivity index (χ4n) is 2.46. The molecule has 0 heterocycles. The normalized spacial score (nSPS) is 12.8. The van der Waals surface area contributed by atoms with Crippen molar-refractivity contribution in [2.75, 3.05) is 7.11 Å². The van der Waals surface area contributed by atoms with Gasteiger partial charge in [-0.1, -0.05) is 54.0 Å². The van der Waals surface area contributed by atoms with Gasteiger partial charge in [0.1, 0.15) is 0 Å². The molecule has 0 fully saturated rings. The molecule has 0 saturated carbocycles. The van der Waals surface area contributed by atoms with Crippen molar-refractivity contribution in [3.05, 3.63) is 64.1 Å². The Hall–Kier alpha value is -1.70. The van der Waals surface area contributed by atoms with Gasteiger partial charge in [0.15, 0.2) is 0 Å². The van der Waals surface area contributed by atoms with Gasteiger partial charge in [-0.05, 0) is 41.3 Å². The van der Waals surface area contributed by atoms with E-state index in [4.69, 9.17) is 4.74 Å². The maximum Gasteiger partial charge on any atom is 0.307 e. The smallest absolute Gasteiger partial charge is 0.307 e. The van der Waals surface area contributed by atoms with Crippen molar-refractivity contribution in [3.63, 3.8) is 0 Å². The quantitative estimate of drug-likeness (QED) is 0.657. The molecular formula is C19H22BrNO4S. The summed E-state index contributed by atoms with van der Waals surface area (Å²) in [5.41, 5.74) is 1.85. The summed E-state index contributed by atoms with van der Waals surface area (Å²) in [7, 11) is -2.50. The number of carbonyl (C=O) groups is 1. The van der Waals surface area contributed by atoms with Crippen molar-refractivity contribution in [1.82, 2.24) is 4.72 Å². The van der Waals surface area contributed by atoms with Gasteiger partial charge in [-0.3, -0.25) is 4.79 Å². The first-order valence-electron chi connectivity index (χ1n) is 8.17. The second-order valence-corrected chi connectivity index (χ2v) is 8.86. The zero-order chi connectivity index (χ0) is 19.3. The lowest BCUT2D eigenvalue weighted by molar-refractivity contribution is -0.141. The Bertz CT molecular complexity index is 846. The molecule has 2 aromatic rings. The van der Waals surface area contributed by atoms with Crippen LogP contribution in [0.3, 0.4) is 0 Å². The highest BCUT2D eigenvalue weighted by molar-refractivity contribution is 9.10. The minimum Gasteiger partial charge on any atom is -0.469 e. The molecule has 0 saturated heterocycles. The van der Waals surface area contributed by atoms with Crippen molar-refractivity contribution in [1.29, 1.82) is 0 Å². The van der Waals surface area contributed by atoms with Crippen LogP contribution in [0.25, 0.3) is 0 Å². The van der Waals surface area contributed by atoms with Crippen LogP contribution in [0.4, 0.5) is 0 Å². The van der Waals surface area contributed by atoms with Gasteiger partial charge in [0.2, 0.25) is 10.0 Å². The fourth-order valence-corrected chi connectivity index (χ4v) is 3.95. The second kappa shape index (κ2) is 8.79. The van der Waals surface area contributed by atoms with Crippen molar-refractivity contribution >= 4 is 31.9 Å². The Labute approximate surface area is 162 Å². The second-order valence-electron chi connectivity index (χ2n) is 6.23. The molecule has 0 aliphatic carbocycles. The van der Waals surface area contributed by atoms with Crippen molar-refractivity contribution < 1.29 is 17.9 Å². The number of halogens is 1. The lowest BCUT2D eigenvalue weighted by Gasteiger charge is -2.19. The van der Waals surface area contributed by atoms with Crippen LogP contribution in [0.5, 0.6) is 0 Å². The van der Waals surface area contributed by atoms with E-state index in [1.165, 1.54) is 19.2 Å². The minimum atomic E-state index is -3.78. The highest BCUT2D eigenvalue weighted by atomic mass is 79.9. The van der Waals surface area contributed by atoms with Gasteiger partial charge in [-0.15, -0.1) is 0 Å². The number of sulfonamides is 1. The standard InChI is InChI=1S/C19H22BrNO4S/c1-13(2)14-4-6-15(7-5-14)18(12-19(22)25-3)21-26(23,24)17-10-8-16(20)9-11-17/h4-11,13,18,21H,12H2,1-3H3/t18-/m0/s1. The number of ether oxygens (including phenoxy) is 1. The Morgan fingerprint density at radius 1 is 1.04 bits per heavy atom. The van der Waals surface area contributed by atoms with E-state index >= 15 is 0 Å². The Balaban J connectivity index is 2.32. The molecule has 0 bridgehead atoms. The molecule has 7 heteroatoms. The van der Waals surface area contributed by atoms with Gasteiger partial charge in [0, 0.05) is 4.47 Å². The number of nitrogens with one attached hydrogen (secondary N) is 1. The molecule has 0 unspecified atom stereocenters. The molecule has 0 amide bonds. The summed E-state index contributed by atoms with van der Waals surface area (Å²) >= 11 is 3.28. The number of rotatable bonds is 7. The summed E-state index contributed by atoms with van der Waals surface area (Å²) in [5.74, 6) is -0.121. The predicted molar refractivity (Wildman–Crippen MR) is 104 cm³/mol. The maximum atomic E-state index is 12.7. The molecule has 0 aliphatic rings.